The number of pyridine rings is 3. The van der Waals surface area contributed by atoms with Crippen molar-refractivity contribution in [2.45, 2.75) is 13.8 Å². The van der Waals surface area contributed by atoms with Crippen LogP contribution in [-0.4, -0.2) is 27.5 Å². The lowest BCUT2D eigenvalue weighted by Crippen LogP contribution is -2.09. The molecule has 7 heteroatoms. The fourth-order valence-corrected chi connectivity index (χ4v) is 2.95. The maximum atomic E-state index is 12.5. The van der Waals surface area contributed by atoms with E-state index in [0.717, 1.165) is 16.8 Å². The van der Waals surface area contributed by atoms with Crippen molar-refractivity contribution in [3.05, 3.63) is 78.2 Å². The molecule has 0 aliphatic carbocycles. The van der Waals surface area contributed by atoms with Crippen molar-refractivity contribution < 1.29 is 14.3 Å². The van der Waals surface area contributed by atoms with Gasteiger partial charge in [-0.05, 0) is 56.3 Å². The number of aryl methyl sites for hydroxylation is 1. The number of hydrogen-bond donors (Lipinski definition) is 1. The van der Waals surface area contributed by atoms with E-state index in [4.69, 9.17) is 9.47 Å². The summed E-state index contributed by atoms with van der Waals surface area (Å²) in [7, 11) is 0. The second-order valence-electron chi connectivity index (χ2n) is 6.51. The van der Waals surface area contributed by atoms with E-state index in [9.17, 15) is 4.79 Å². The highest BCUT2D eigenvalue weighted by Gasteiger charge is 2.17. The van der Waals surface area contributed by atoms with Crippen LogP contribution in [0.5, 0.6) is 11.6 Å². The van der Waals surface area contributed by atoms with E-state index in [-0.39, 0.29) is 6.61 Å². The van der Waals surface area contributed by atoms with Crippen LogP contribution in [0.1, 0.15) is 23.0 Å². The highest BCUT2D eigenvalue weighted by atomic mass is 16.5. The Kier molecular flexibility index (Phi) is 5.52. The van der Waals surface area contributed by atoms with Crippen LogP contribution in [0.2, 0.25) is 0 Å². The highest BCUT2D eigenvalue weighted by molar-refractivity contribution is 6.05. The van der Waals surface area contributed by atoms with Crippen molar-refractivity contribution in [3.63, 3.8) is 0 Å². The summed E-state index contributed by atoms with van der Waals surface area (Å²) in [4.78, 5) is 25.4. The molecular weight excluding hydrogens is 380 g/mol. The van der Waals surface area contributed by atoms with E-state index in [1.54, 1.807) is 19.2 Å². The summed E-state index contributed by atoms with van der Waals surface area (Å²) in [6.07, 6.45) is 3.17. The van der Waals surface area contributed by atoms with Crippen LogP contribution in [-0.2, 0) is 4.74 Å². The van der Waals surface area contributed by atoms with Gasteiger partial charge in [-0.25, -0.2) is 19.7 Å². The van der Waals surface area contributed by atoms with Gasteiger partial charge in [0.2, 0.25) is 5.88 Å². The Bertz CT molecular complexity index is 1180. The van der Waals surface area contributed by atoms with Gasteiger partial charge in [0.15, 0.2) is 5.65 Å². The molecule has 7 nitrogen and oxygen atoms in total. The van der Waals surface area contributed by atoms with Gasteiger partial charge in [-0.1, -0.05) is 6.07 Å². The molecule has 0 unspecified atom stereocenters. The Morgan fingerprint density at radius 1 is 1.03 bits per heavy atom. The maximum absolute atomic E-state index is 12.5. The van der Waals surface area contributed by atoms with Crippen LogP contribution in [0.25, 0.3) is 11.0 Å². The number of carbonyl (C=O) groups is 1. The van der Waals surface area contributed by atoms with E-state index in [2.05, 4.69) is 20.3 Å². The van der Waals surface area contributed by atoms with Crippen molar-refractivity contribution in [2.24, 2.45) is 0 Å². The molecule has 0 fully saturated rings. The molecule has 3 aromatic heterocycles. The number of benzene rings is 1. The van der Waals surface area contributed by atoms with Crippen LogP contribution in [0, 0.1) is 6.92 Å². The Morgan fingerprint density at radius 3 is 2.60 bits per heavy atom. The molecule has 150 valence electrons. The molecule has 1 aromatic carbocycles. The quantitative estimate of drug-likeness (QED) is 0.453. The Morgan fingerprint density at radius 2 is 1.87 bits per heavy atom. The van der Waals surface area contributed by atoms with Crippen molar-refractivity contribution in [1.82, 2.24) is 15.0 Å². The molecule has 0 spiro atoms. The summed E-state index contributed by atoms with van der Waals surface area (Å²) in [5.41, 5.74) is 3.14. The average Bonchev–Trinajstić information content (AvgIpc) is 2.76. The molecule has 0 radical (unpaired) electrons. The first-order chi connectivity index (χ1) is 14.6. The van der Waals surface area contributed by atoms with Gasteiger partial charge in [-0.2, -0.15) is 0 Å². The Balaban J connectivity index is 1.66. The SMILES string of the molecule is CCOC(=O)c1cnc2nc(C)ccc2c1Nc1ccc(Oc2ccccn2)cc1. The Labute approximate surface area is 173 Å². The van der Waals surface area contributed by atoms with Gasteiger partial charge in [-0.3, -0.25) is 0 Å². The third kappa shape index (κ3) is 4.20. The zero-order valence-corrected chi connectivity index (χ0v) is 16.6. The zero-order chi connectivity index (χ0) is 20.9. The number of nitrogens with zero attached hydrogens (tertiary/aromatic N) is 3. The maximum Gasteiger partial charge on any atom is 0.341 e. The minimum atomic E-state index is -0.440. The molecule has 1 N–H and O–H groups in total. The molecule has 0 aliphatic rings. The first-order valence-electron chi connectivity index (χ1n) is 9.53. The number of rotatable bonds is 6. The number of esters is 1. The molecule has 0 saturated heterocycles. The third-order valence-electron chi connectivity index (χ3n) is 4.35. The summed E-state index contributed by atoms with van der Waals surface area (Å²) in [5.74, 6) is 0.733. The second-order valence-corrected chi connectivity index (χ2v) is 6.51. The number of aromatic nitrogens is 3. The molecule has 0 atom stereocenters. The van der Waals surface area contributed by atoms with Crippen LogP contribution in [0.15, 0.2) is 67.0 Å². The van der Waals surface area contributed by atoms with Crippen molar-refractivity contribution in [3.8, 4) is 11.6 Å². The van der Waals surface area contributed by atoms with E-state index < -0.39 is 5.97 Å². The predicted octanol–water partition coefficient (Wildman–Crippen LogP) is 5.05. The molecule has 0 bridgehead atoms. The molecule has 3 heterocycles. The number of nitrogens with one attached hydrogen (secondary N) is 1. The van der Waals surface area contributed by atoms with E-state index in [1.165, 1.54) is 6.20 Å². The Hall–Kier alpha value is -4.00. The molecule has 4 aromatic rings. The van der Waals surface area contributed by atoms with E-state index in [1.807, 2.05) is 55.5 Å². The van der Waals surface area contributed by atoms with Gasteiger partial charge in [0.05, 0.1) is 12.3 Å². The van der Waals surface area contributed by atoms with E-state index >= 15 is 0 Å². The number of hydrogen-bond acceptors (Lipinski definition) is 7. The molecule has 30 heavy (non-hydrogen) atoms. The zero-order valence-electron chi connectivity index (χ0n) is 16.6. The molecule has 0 amide bonds. The molecule has 4 rings (SSSR count). The van der Waals surface area contributed by atoms with Crippen molar-refractivity contribution >= 4 is 28.4 Å². The van der Waals surface area contributed by atoms with Crippen molar-refractivity contribution in [1.29, 1.82) is 0 Å². The van der Waals surface area contributed by atoms with Crippen LogP contribution >= 0.6 is 0 Å². The van der Waals surface area contributed by atoms with E-state index in [0.29, 0.717) is 28.5 Å². The summed E-state index contributed by atoms with van der Waals surface area (Å²) >= 11 is 0. The molecular formula is C23H20N4O3. The fraction of sp³-hybridized carbons (Fsp3) is 0.130. The van der Waals surface area contributed by atoms with Crippen LogP contribution < -0.4 is 10.1 Å². The lowest BCUT2D eigenvalue weighted by atomic mass is 10.1. The first kappa shape index (κ1) is 19.3. The summed E-state index contributed by atoms with van der Waals surface area (Å²) < 4.78 is 10.9. The van der Waals surface area contributed by atoms with Gasteiger partial charge < -0.3 is 14.8 Å². The summed E-state index contributed by atoms with van der Waals surface area (Å²) in [6, 6.07) is 16.6. The lowest BCUT2D eigenvalue weighted by molar-refractivity contribution is 0.0527. The normalized spacial score (nSPS) is 10.6. The minimum Gasteiger partial charge on any atom is -0.462 e. The van der Waals surface area contributed by atoms with Gasteiger partial charge in [0.25, 0.3) is 0 Å². The van der Waals surface area contributed by atoms with Crippen molar-refractivity contribution in [2.75, 3.05) is 11.9 Å². The van der Waals surface area contributed by atoms with Gasteiger partial charge in [0.1, 0.15) is 11.3 Å². The second kappa shape index (κ2) is 8.57. The topological polar surface area (TPSA) is 86.2 Å². The van der Waals surface area contributed by atoms with Crippen LogP contribution in [0.4, 0.5) is 11.4 Å². The lowest BCUT2D eigenvalue weighted by Gasteiger charge is -2.14. The number of anilines is 2. The molecule has 0 aliphatic heterocycles. The number of ether oxygens (including phenoxy) is 2. The number of carbonyl (C=O) groups excluding carboxylic acids is 1. The first-order valence-corrected chi connectivity index (χ1v) is 9.53. The average molecular weight is 400 g/mol. The smallest absolute Gasteiger partial charge is 0.341 e. The summed E-state index contributed by atoms with van der Waals surface area (Å²) in [5, 5.41) is 4.05. The van der Waals surface area contributed by atoms with Gasteiger partial charge in [-0.15, -0.1) is 0 Å². The van der Waals surface area contributed by atoms with Crippen LogP contribution in [0.3, 0.4) is 0 Å². The molecule has 0 saturated carbocycles. The number of fused-ring (bicyclic) bond motifs is 1. The summed E-state index contributed by atoms with van der Waals surface area (Å²) in [6.45, 7) is 3.94. The highest BCUT2D eigenvalue weighted by Crippen LogP contribution is 2.30. The monoisotopic (exact) mass is 400 g/mol. The predicted molar refractivity (Wildman–Crippen MR) is 114 cm³/mol. The van der Waals surface area contributed by atoms with Gasteiger partial charge in [0, 0.05) is 35.2 Å². The third-order valence-corrected chi connectivity index (χ3v) is 4.35. The standard InChI is InChI=1S/C23H20N4O3/c1-3-29-23(28)19-14-25-22-18(12-7-15(2)26-22)21(19)27-16-8-10-17(11-9-16)30-20-6-4-5-13-24-20/h4-14H,3H2,1-2H3,(H,25,26,27). The minimum absolute atomic E-state index is 0.280. The van der Waals surface area contributed by atoms with Gasteiger partial charge >= 0.3 is 5.97 Å². The fourth-order valence-electron chi connectivity index (χ4n) is 2.95. The largest absolute Gasteiger partial charge is 0.462 e.